The summed E-state index contributed by atoms with van der Waals surface area (Å²) >= 11 is 0. The van der Waals surface area contributed by atoms with Gasteiger partial charge in [0.25, 0.3) is 11.8 Å². The van der Waals surface area contributed by atoms with E-state index in [-0.39, 0.29) is 5.56 Å². The Bertz CT molecular complexity index is 816. The van der Waals surface area contributed by atoms with Gasteiger partial charge in [0.15, 0.2) is 6.61 Å². The highest BCUT2D eigenvalue weighted by molar-refractivity contribution is 5.96. The van der Waals surface area contributed by atoms with E-state index in [4.69, 9.17) is 4.74 Å². The highest BCUT2D eigenvalue weighted by Gasteiger charge is 2.13. The summed E-state index contributed by atoms with van der Waals surface area (Å²) in [7, 11) is 0. The average molecular weight is 358 g/mol. The molecule has 0 fully saturated rings. The number of hydrogen-bond acceptors (Lipinski definition) is 4. The molecule has 2 aromatic carbocycles. The lowest BCUT2D eigenvalue weighted by molar-refractivity contribution is -0.146. The van der Waals surface area contributed by atoms with Crippen LogP contribution >= 0.6 is 0 Å². The number of nitrogens with one attached hydrogen (secondary N) is 2. The van der Waals surface area contributed by atoms with Crippen LogP contribution in [-0.2, 0) is 14.3 Å². The maximum atomic E-state index is 13.5. The number of aryl methyl sites for hydroxylation is 2. The van der Waals surface area contributed by atoms with Crippen molar-refractivity contribution in [2.24, 2.45) is 0 Å². The zero-order valence-corrected chi connectivity index (χ0v) is 14.5. The molecule has 2 N–H and O–H groups in total. The lowest BCUT2D eigenvalue weighted by Crippen LogP contribution is -2.32. The molecule has 0 aliphatic heterocycles. The third-order valence-electron chi connectivity index (χ3n) is 3.38. The summed E-state index contributed by atoms with van der Waals surface area (Å²) in [5.74, 6) is -2.72. The summed E-state index contributed by atoms with van der Waals surface area (Å²) in [6.07, 6.45) is 0. The van der Waals surface area contributed by atoms with Crippen LogP contribution in [0.5, 0.6) is 0 Å². The summed E-state index contributed by atoms with van der Waals surface area (Å²) in [5.41, 5.74) is 2.42. The SMILES string of the molecule is Cc1cc(C)cc(NC(=O)COC(=O)CNC(=O)c2ccccc2F)c1. The number of halogens is 1. The van der Waals surface area contributed by atoms with Gasteiger partial charge in [0.05, 0.1) is 5.56 Å². The fraction of sp³-hybridized carbons (Fsp3) is 0.211. The molecule has 136 valence electrons. The van der Waals surface area contributed by atoms with Crippen molar-refractivity contribution in [3.05, 3.63) is 65.0 Å². The highest BCUT2D eigenvalue weighted by atomic mass is 19.1. The van der Waals surface area contributed by atoms with Crippen LogP contribution in [0.4, 0.5) is 10.1 Å². The summed E-state index contributed by atoms with van der Waals surface area (Å²) in [4.78, 5) is 35.2. The molecule has 2 amide bonds. The van der Waals surface area contributed by atoms with Crippen LogP contribution in [-0.4, -0.2) is 30.9 Å². The Hall–Kier alpha value is -3.22. The maximum absolute atomic E-state index is 13.5. The minimum absolute atomic E-state index is 0.173. The summed E-state index contributed by atoms with van der Waals surface area (Å²) < 4.78 is 18.2. The number of amides is 2. The number of anilines is 1. The van der Waals surface area contributed by atoms with Crippen LogP contribution < -0.4 is 10.6 Å². The van der Waals surface area contributed by atoms with Crippen LogP contribution in [0.1, 0.15) is 21.5 Å². The monoisotopic (exact) mass is 358 g/mol. The summed E-state index contributed by atoms with van der Waals surface area (Å²) in [5, 5.41) is 4.87. The van der Waals surface area contributed by atoms with Crippen LogP contribution in [0.15, 0.2) is 42.5 Å². The molecule has 0 unspecified atom stereocenters. The van der Waals surface area contributed by atoms with Gasteiger partial charge in [0.1, 0.15) is 12.4 Å². The molecule has 0 aliphatic carbocycles. The minimum Gasteiger partial charge on any atom is -0.454 e. The van der Waals surface area contributed by atoms with Crippen LogP contribution in [0.3, 0.4) is 0 Å². The zero-order chi connectivity index (χ0) is 19.1. The van der Waals surface area contributed by atoms with E-state index in [9.17, 15) is 18.8 Å². The minimum atomic E-state index is -0.801. The molecule has 0 aliphatic rings. The van der Waals surface area contributed by atoms with Gasteiger partial charge in [-0.25, -0.2) is 4.39 Å². The zero-order valence-electron chi connectivity index (χ0n) is 14.5. The molecular formula is C19H19FN2O4. The number of ether oxygens (including phenoxy) is 1. The van der Waals surface area contributed by atoms with Crippen molar-refractivity contribution in [3.63, 3.8) is 0 Å². The first-order valence-corrected chi connectivity index (χ1v) is 7.91. The Morgan fingerprint density at radius 1 is 1.04 bits per heavy atom. The van der Waals surface area contributed by atoms with Crippen molar-refractivity contribution in [1.82, 2.24) is 5.32 Å². The van der Waals surface area contributed by atoms with Crippen molar-refractivity contribution in [1.29, 1.82) is 0 Å². The molecule has 0 bridgehead atoms. The second-order valence-corrected chi connectivity index (χ2v) is 5.75. The summed E-state index contributed by atoms with van der Waals surface area (Å²) in [6, 6.07) is 11.0. The van der Waals surface area contributed by atoms with E-state index in [1.165, 1.54) is 18.2 Å². The molecule has 7 heteroatoms. The first kappa shape index (κ1) is 19.1. The number of benzene rings is 2. The number of esters is 1. The van der Waals surface area contributed by atoms with E-state index in [1.54, 1.807) is 12.1 Å². The fourth-order valence-corrected chi connectivity index (χ4v) is 2.33. The predicted molar refractivity (Wildman–Crippen MR) is 94.2 cm³/mol. The van der Waals surface area contributed by atoms with Gasteiger partial charge in [-0.05, 0) is 49.2 Å². The van der Waals surface area contributed by atoms with Gasteiger partial charge in [0.2, 0.25) is 0 Å². The van der Waals surface area contributed by atoms with Crippen molar-refractivity contribution in [2.75, 3.05) is 18.5 Å². The van der Waals surface area contributed by atoms with Gasteiger partial charge < -0.3 is 15.4 Å². The molecule has 0 saturated carbocycles. The first-order chi connectivity index (χ1) is 12.3. The lowest BCUT2D eigenvalue weighted by atomic mass is 10.1. The molecule has 0 spiro atoms. The Morgan fingerprint density at radius 3 is 2.35 bits per heavy atom. The highest BCUT2D eigenvalue weighted by Crippen LogP contribution is 2.13. The topological polar surface area (TPSA) is 84.5 Å². The van der Waals surface area contributed by atoms with Crippen molar-refractivity contribution >= 4 is 23.5 Å². The van der Waals surface area contributed by atoms with Crippen LogP contribution in [0, 0.1) is 19.7 Å². The molecule has 0 aromatic heterocycles. The van der Waals surface area contributed by atoms with Gasteiger partial charge in [0, 0.05) is 5.69 Å². The average Bonchev–Trinajstić information content (AvgIpc) is 2.57. The van der Waals surface area contributed by atoms with E-state index in [0.717, 1.165) is 17.2 Å². The molecule has 2 aromatic rings. The van der Waals surface area contributed by atoms with Crippen molar-refractivity contribution in [3.8, 4) is 0 Å². The fourth-order valence-electron chi connectivity index (χ4n) is 2.33. The molecule has 26 heavy (non-hydrogen) atoms. The largest absolute Gasteiger partial charge is 0.454 e. The van der Waals surface area contributed by atoms with Crippen molar-refractivity contribution < 1.29 is 23.5 Å². The second-order valence-electron chi connectivity index (χ2n) is 5.75. The Kier molecular flexibility index (Phi) is 6.43. The maximum Gasteiger partial charge on any atom is 0.325 e. The molecule has 2 rings (SSSR count). The molecular weight excluding hydrogens is 339 g/mol. The van der Waals surface area contributed by atoms with Gasteiger partial charge >= 0.3 is 5.97 Å². The second kappa shape index (κ2) is 8.75. The van der Waals surface area contributed by atoms with E-state index in [0.29, 0.717) is 5.69 Å². The normalized spacial score (nSPS) is 10.1. The number of rotatable bonds is 6. The Labute approximate surface area is 150 Å². The van der Waals surface area contributed by atoms with Crippen LogP contribution in [0.2, 0.25) is 0 Å². The molecule has 0 atom stereocenters. The quantitative estimate of drug-likeness (QED) is 0.777. The van der Waals surface area contributed by atoms with Gasteiger partial charge in [-0.15, -0.1) is 0 Å². The number of hydrogen-bond donors (Lipinski definition) is 2. The third-order valence-corrected chi connectivity index (χ3v) is 3.38. The number of carbonyl (C=O) groups is 3. The smallest absolute Gasteiger partial charge is 0.325 e. The standard InChI is InChI=1S/C19H19FN2O4/c1-12-7-13(2)9-14(8-12)22-17(23)11-26-18(24)10-21-19(25)15-5-3-4-6-16(15)20/h3-9H,10-11H2,1-2H3,(H,21,25)(H,22,23). The van der Waals surface area contributed by atoms with E-state index >= 15 is 0 Å². The van der Waals surface area contributed by atoms with E-state index in [1.807, 2.05) is 19.9 Å². The predicted octanol–water partition coefficient (Wildman–Crippen LogP) is 2.35. The molecule has 6 nitrogen and oxygen atoms in total. The van der Waals surface area contributed by atoms with E-state index in [2.05, 4.69) is 10.6 Å². The Morgan fingerprint density at radius 2 is 1.69 bits per heavy atom. The van der Waals surface area contributed by atoms with Gasteiger partial charge in [-0.1, -0.05) is 18.2 Å². The Balaban J connectivity index is 1.77. The van der Waals surface area contributed by atoms with Gasteiger partial charge in [-0.2, -0.15) is 0 Å². The molecule has 0 radical (unpaired) electrons. The molecule has 0 saturated heterocycles. The lowest BCUT2D eigenvalue weighted by Gasteiger charge is -2.09. The third kappa shape index (κ3) is 5.70. The number of carbonyl (C=O) groups excluding carboxylic acids is 3. The first-order valence-electron chi connectivity index (χ1n) is 7.91. The summed E-state index contributed by atoms with van der Waals surface area (Å²) in [6.45, 7) is 2.85. The molecule has 0 heterocycles. The van der Waals surface area contributed by atoms with Crippen LogP contribution in [0.25, 0.3) is 0 Å². The van der Waals surface area contributed by atoms with Gasteiger partial charge in [-0.3, -0.25) is 14.4 Å². The van der Waals surface area contributed by atoms with E-state index < -0.39 is 36.8 Å². The van der Waals surface area contributed by atoms with Crippen molar-refractivity contribution in [2.45, 2.75) is 13.8 Å².